The fraction of sp³-hybridized carbons (Fsp3) is 0.400. The van der Waals surface area contributed by atoms with Crippen LogP contribution in [0, 0.1) is 0 Å². The minimum atomic E-state index is -1.23. The Labute approximate surface area is 198 Å². The Bertz CT molecular complexity index is 965. The molecule has 0 fully saturated rings. The van der Waals surface area contributed by atoms with E-state index in [1.54, 1.807) is 0 Å². The van der Waals surface area contributed by atoms with Gasteiger partial charge < -0.3 is 30.0 Å². The summed E-state index contributed by atoms with van der Waals surface area (Å²) in [5.41, 5.74) is 4.38. The van der Waals surface area contributed by atoms with Crippen LogP contribution in [0.4, 0.5) is 4.79 Å². The fourth-order valence-corrected chi connectivity index (χ4v) is 4.10. The van der Waals surface area contributed by atoms with Crippen LogP contribution >= 0.6 is 0 Å². The molecule has 2 unspecified atom stereocenters. The molecule has 182 valence electrons. The highest BCUT2D eigenvalue weighted by atomic mass is 16.5. The summed E-state index contributed by atoms with van der Waals surface area (Å²) in [5, 5.41) is 14.2. The van der Waals surface area contributed by atoms with Crippen molar-refractivity contribution in [3.05, 3.63) is 59.7 Å². The Balaban J connectivity index is 1.65. The Hall–Kier alpha value is -3.43. The first-order valence-electron chi connectivity index (χ1n) is 11.1. The third-order valence-corrected chi connectivity index (χ3v) is 5.74. The van der Waals surface area contributed by atoms with Crippen LogP contribution in [0.1, 0.15) is 29.9 Å². The van der Waals surface area contributed by atoms with Crippen LogP contribution in [0.3, 0.4) is 0 Å². The summed E-state index contributed by atoms with van der Waals surface area (Å²) in [5.74, 6) is -1.97. The van der Waals surface area contributed by atoms with Crippen molar-refractivity contribution in [2.24, 2.45) is 0 Å². The zero-order valence-corrected chi connectivity index (χ0v) is 19.3. The average Bonchev–Trinajstić information content (AvgIpc) is 3.15. The highest BCUT2D eigenvalue weighted by Gasteiger charge is 2.30. The van der Waals surface area contributed by atoms with Crippen molar-refractivity contribution in [1.29, 1.82) is 0 Å². The average molecular weight is 471 g/mol. The molecule has 0 saturated heterocycles. The number of carboxylic acids is 1. The predicted molar refractivity (Wildman–Crippen MR) is 125 cm³/mol. The highest BCUT2D eigenvalue weighted by molar-refractivity contribution is 5.89. The van der Waals surface area contributed by atoms with E-state index >= 15 is 0 Å². The topological polar surface area (TPSA) is 123 Å². The molecule has 0 spiro atoms. The third-order valence-electron chi connectivity index (χ3n) is 5.74. The smallest absolute Gasteiger partial charge is 0.407 e. The molecule has 34 heavy (non-hydrogen) atoms. The number of nitrogens with one attached hydrogen (secondary N) is 2. The molecular weight excluding hydrogens is 440 g/mol. The van der Waals surface area contributed by atoms with Gasteiger partial charge in [0.15, 0.2) is 6.04 Å². The minimum Gasteiger partial charge on any atom is -0.480 e. The van der Waals surface area contributed by atoms with Gasteiger partial charge in [-0.1, -0.05) is 48.5 Å². The quantitative estimate of drug-likeness (QED) is 0.407. The first kappa shape index (κ1) is 25.2. The van der Waals surface area contributed by atoms with Crippen molar-refractivity contribution in [2.75, 3.05) is 34.0 Å². The summed E-state index contributed by atoms with van der Waals surface area (Å²) < 4.78 is 15.4. The molecule has 3 N–H and O–H groups in total. The number of benzene rings is 2. The lowest BCUT2D eigenvalue weighted by Crippen LogP contribution is -2.53. The van der Waals surface area contributed by atoms with Crippen LogP contribution in [0.25, 0.3) is 11.1 Å². The number of hydrogen-bond donors (Lipinski definition) is 3. The third kappa shape index (κ3) is 6.12. The number of carboxylic acid groups (broad SMARTS) is 1. The normalized spacial score (nSPS) is 13.9. The molecule has 0 radical (unpaired) electrons. The highest BCUT2D eigenvalue weighted by Crippen LogP contribution is 2.44. The summed E-state index contributed by atoms with van der Waals surface area (Å²) in [4.78, 5) is 36.7. The number of carbonyl (C=O) groups excluding carboxylic acids is 2. The van der Waals surface area contributed by atoms with E-state index in [9.17, 15) is 19.5 Å². The number of methoxy groups -OCH3 is 2. The molecular formula is C25H30N2O7. The summed E-state index contributed by atoms with van der Waals surface area (Å²) in [7, 11) is 2.88. The number of amides is 2. The van der Waals surface area contributed by atoms with Gasteiger partial charge in [-0.2, -0.15) is 0 Å². The number of alkyl carbamates (subject to hydrolysis) is 1. The van der Waals surface area contributed by atoms with E-state index in [-0.39, 0.29) is 25.6 Å². The largest absolute Gasteiger partial charge is 0.480 e. The van der Waals surface area contributed by atoms with E-state index in [0.29, 0.717) is 13.0 Å². The first-order chi connectivity index (χ1) is 16.5. The van der Waals surface area contributed by atoms with E-state index in [2.05, 4.69) is 10.6 Å². The zero-order chi connectivity index (χ0) is 24.5. The van der Waals surface area contributed by atoms with Gasteiger partial charge in [-0.25, -0.2) is 9.59 Å². The molecule has 0 aliphatic heterocycles. The molecule has 9 nitrogen and oxygen atoms in total. The number of carbonyl (C=O) groups is 3. The predicted octanol–water partition coefficient (Wildman–Crippen LogP) is 2.54. The lowest BCUT2D eigenvalue weighted by molar-refractivity contribution is -0.143. The maximum absolute atomic E-state index is 12.7. The molecule has 3 rings (SSSR count). The number of aliphatic carboxylic acids is 1. The first-order valence-corrected chi connectivity index (χ1v) is 11.1. The molecule has 0 bridgehead atoms. The van der Waals surface area contributed by atoms with Gasteiger partial charge in [0.25, 0.3) is 0 Å². The summed E-state index contributed by atoms with van der Waals surface area (Å²) in [6.07, 6.45) is -0.0123. The Morgan fingerprint density at radius 1 is 0.912 bits per heavy atom. The van der Waals surface area contributed by atoms with Crippen LogP contribution < -0.4 is 10.6 Å². The second kappa shape index (κ2) is 12.2. The van der Waals surface area contributed by atoms with Crippen molar-refractivity contribution in [2.45, 2.75) is 30.8 Å². The molecule has 0 aromatic heterocycles. The van der Waals surface area contributed by atoms with Crippen LogP contribution in [0.5, 0.6) is 0 Å². The van der Waals surface area contributed by atoms with Crippen molar-refractivity contribution >= 4 is 18.0 Å². The second-order valence-corrected chi connectivity index (χ2v) is 8.01. The van der Waals surface area contributed by atoms with Gasteiger partial charge in [0.05, 0.1) is 6.61 Å². The van der Waals surface area contributed by atoms with Crippen LogP contribution in [-0.2, 0) is 23.8 Å². The minimum absolute atomic E-state index is 0.105. The molecule has 1 aliphatic rings. The van der Waals surface area contributed by atoms with Gasteiger partial charge in [-0.15, -0.1) is 0 Å². The van der Waals surface area contributed by atoms with Gasteiger partial charge in [0.1, 0.15) is 12.6 Å². The Kier molecular flexibility index (Phi) is 9.00. The molecule has 1 aliphatic carbocycles. The standard InChI is InChI=1S/C25H30N2O7/c1-32-13-7-12-21(23(28)26-22(15-33-2)24(29)30)27-25(31)34-14-20-18-10-5-3-8-16(18)17-9-4-6-11-19(17)20/h3-6,8-11,20-22H,7,12-15H2,1-2H3,(H,26,28)(H,27,31)(H,29,30). The number of hydrogen-bond acceptors (Lipinski definition) is 6. The van der Waals surface area contributed by atoms with Crippen molar-refractivity contribution in [1.82, 2.24) is 10.6 Å². The molecule has 2 atom stereocenters. The Morgan fingerprint density at radius 2 is 1.53 bits per heavy atom. The Morgan fingerprint density at radius 3 is 2.09 bits per heavy atom. The molecule has 9 heteroatoms. The van der Waals surface area contributed by atoms with Gasteiger partial charge in [0, 0.05) is 26.7 Å². The SMILES string of the molecule is COCCCC(NC(=O)OCC1c2ccccc2-c2ccccc21)C(=O)NC(COC)C(=O)O. The summed E-state index contributed by atoms with van der Waals surface area (Å²) >= 11 is 0. The van der Waals surface area contributed by atoms with E-state index in [1.165, 1.54) is 14.2 Å². The lowest BCUT2D eigenvalue weighted by atomic mass is 9.98. The molecule has 0 heterocycles. The second-order valence-electron chi connectivity index (χ2n) is 8.01. The van der Waals surface area contributed by atoms with E-state index in [4.69, 9.17) is 14.2 Å². The van der Waals surface area contributed by atoms with Gasteiger partial charge >= 0.3 is 12.1 Å². The molecule has 0 saturated carbocycles. The summed E-state index contributed by atoms with van der Waals surface area (Å²) in [6, 6.07) is 13.8. The maximum atomic E-state index is 12.7. The van der Waals surface area contributed by atoms with Crippen LogP contribution in [-0.4, -0.2) is 69.2 Å². The summed E-state index contributed by atoms with van der Waals surface area (Å²) in [6.45, 7) is 0.293. The van der Waals surface area contributed by atoms with E-state index < -0.39 is 30.1 Å². The number of ether oxygens (including phenoxy) is 3. The molecule has 2 aromatic rings. The van der Waals surface area contributed by atoms with Crippen molar-refractivity contribution in [3.8, 4) is 11.1 Å². The zero-order valence-electron chi connectivity index (χ0n) is 19.3. The van der Waals surface area contributed by atoms with Crippen LogP contribution in [0.15, 0.2) is 48.5 Å². The number of fused-ring (bicyclic) bond motifs is 3. The van der Waals surface area contributed by atoms with E-state index in [0.717, 1.165) is 22.3 Å². The number of rotatable bonds is 12. The van der Waals surface area contributed by atoms with E-state index in [1.807, 2.05) is 48.5 Å². The molecule has 2 amide bonds. The van der Waals surface area contributed by atoms with Gasteiger partial charge in [0.2, 0.25) is 5.91 Å². The molecule has 2 aromatic carbocycles. The lowest BCUT2D eigenvalue weighted by Gasteiger charge is -2.21. The fourth-order valence-electron chi connectivity index (χ4n) is 4.10. The van der Waals surface area contributed by atoms with Gasteiger partial charge in [-0.05, 0) is 35.1 Å². The van der Waals surface area contributed by atoms with Gasteiger partial charge in [-0.3, -0.25) is 4.79 Å². The van der Waals surface area contributed by atoms with Crippen LogP contribution in [0.2, 0.25) is 0 Å². The maximum Gasteiger partial charge on any atom is 0.407 e. The van der Waals surface area contributed by atoms with Crippen molar-refractivity contribution < 1.29 is 33.7 Å². The monoisotopic (exact) mass is 470 g/mol. The van der Waals surface area contributed by atoms with Crippen molar-refractivity contribution in [3.63, 3.8) is 0 Å².